The Morgan fingerprint density at radius 3 is 2.29 bits per heavy atom. The summed E-state index contributed by atoms with van der Waals surface area (Å²) in [5.41, 5.74) is 3.52. The van der Waals surface area contributed by atoms with Crippen LogP contribution < -0.4 is 4.90 Å². The molecule has 0 fully saturated rings. The number of hydrogen-bond donors (Lipinski definition) is 0. The van der Waals surface area contributed by atoms with Crippen molar-refractivity contribution in [2.75, 3.05) is 11.9 Å². The maximum Gasteiger partial charge on any atom is 0.282 e. The average Bonchev–Trinajstić information content (AvgIpc) is 3.30. The summed E-state index contributed by atoms with van der Waals surface area (Å²) in [5.74, 6) is -0.544. The van der Waals surface area contributed by atoms with Crippen molar-refractivity contribution in [2.24, 2.45) is 0 Å². The molecule has 4 rings (SSSR count). The Morgan fingerprint density at radius 1 is 0.893 bits per heavy atom. The number of anilines is 1. The Labute approximate surface area is 168 Å². The Kier molecular flexibility index (Phi) is 4.84. The molecular formula is C23H20N2O2S. The van der Waals surface area contributed by atoms with Crippen molar-refractivity contribution in [3.8, 4) is 0 Å². The van der Waals surface area contributed by atoms with Crippen LogP contribution in [-0.4, -0.2) is 23.8 Å². The van der Waals surface area contributed by atoms with E-state index in [1.165, 1.54) is 16.2 Å². The molecule has 0 saturated carbocycles. The topological polar surface area (TPSA) is 40.6 Å². The van der Waals surface area contributed by atoms with Crippen LogP contribution in [0, 0.1) is 6.92 Å². The molecular weight excluding hydrogens is 368 g/mol. The Hall–Kier alpha value is -3.18. The third-order valence-electron chi connectivity index (χ3n) is 4.83. The lowest BCUT2D eigenvalue weighted by molar-refractivity contribution is -0.120. The van der Waals surface area contributed by atoms with E-state index in [0.29, 0.717) is 23.5 Å². The zero-order valence-corrected chi connectivity index (χ0v) is 16.6. The molecule has 0 spiro atoms. The van der Waals surface area contributed by atoms with Crippen LogP contribution >= 0.6 is 11.3 Å². The zero-order valence-electron chi connectivity index (χ0n) is 15.8. The molecule has 2 heterocycles. The Balaban J connectivity index is 1.79. The van der Waals surface area contributed by atoms with Gasteiger partial charge in [-0.25, -0.2) is 4.90 Å². The van der Waals surface area contributed by atoms with Gasteiger partial charge < -0.3 is 4.90 Å². The van der Waals surface area contributed by atoms with Crippen molar-refractivity contribution in [1.82, 2.24) is 4.90 Å². The summed E-state index contributed by atoms with van der Waals surface area (Å²) in [7, 11) is 1.86. The van der Waals surface area contributed by atoms with Crippen molar-refractivity contribution in [1.29, 1.82) is 0 Å². The van der Waals surface area contributed by atoms with Crippen LogP contribution in [0.25, 0.3) is 5.57 Å². The summed E-state index contributed by atoms with van der Waals surface area (Å²) < 4.78 is 0. The fourth-order valence-corrected chi connectivity index (χ4v) is 4.25. The molecule has 28 heavy (non-hydrogen) atoms. The van der Waals surface area contributed by atoms with E-state index in [9.17, 15) is 9.59 Å². The number of likely N-dealkylation sites (N-methyl/N-ethyl adjacent to an activating group) is 1. The van der Waals surface area contributed by atoms with Gasteiger partial charge in [-0.1, -0.05) is 54.6 Å². The molecule has 0 bridgehead atoms. The monoisotopic (exact) mass is 388 g/mol. The second kappa shape index (κ2) is 7.44. The van der Waals surface area contributed by atoms with E-state index >= 15 is 0 Å². The molecule has 1 aliphatic heterocycles. The van der Waals surface area contributed by atoms with Crippen LogP contribution in [0.5, 0.6) is 0 Å². The van der Waals surface area contributed by atoms with E-state index in [-0.39, 0.29) is 11.8 Å². The van der Waals surface area contributed by atoms with Crippen molar-refractivity contribution in [3.05, 3.63) is 93.8 Å². The number of carbonyl (C=O) groups is 2. The predicted molar refractivity (Wildman–Crippen MR) is 113 cm³/mol. The van der Waals surface area contributed by atoms with Gasteiger partial charge in [-0.05, 0) is 35.6 Å². The zero-order chi connectivity index (χ0) is 19.7. The van der Waals surface area contributed by atoms with Crippen LogP contribution in [0.3, 0.4) is 0 Å². The number of para-hydroxylation sites is 1. The van der Waals surface area contributed by atoms with E-state index in [2.05, 4.69) is 0 Å². The van der Waals surface area contributed by atoms with Gasteiger partial charge in [0, 0.05) is 18.5 Å². The highest BCUT2D eigenvalue weighted by atomic mass is 32.1. The van der Waals surface area contributed by atoms with E-state index in [1.807, 2.05) is 91.0 Å². The second-order valence-electron chi connectivity index (χ2n) is 6.77. The Bertz CT molecular complexity index is 1060. The molecule has 0 radical (unpaired) electrons. The van der Waals surface area contributed by atoms with Gasteiger partial charge in [0.05, 0.1) is 11.3 Å². The summed E-state index contributed by atoms with van der Waals surface area (Å²) in [5, 5.41) is 1.92. The molecule has 1 aromatic heterocycles. The van der Waals surface area contributed by atoms with Gasteiger partial charge in [-0.2, -0.15) is 0 Å². The third-order valence-corrected chi connectivity index (χ3v) is 5.72. The Morgan fingerprint density at radius 2 is 1.61 bits per heavy atom. The predicted octanol–water partition coefficient (Wildman–Crippen LogP) is 4.47. The van der Waals surface area contributed by atoms with Crippen molar-refractivity contribution in [2.45, 2.75) is 13.5 Å². The first-order valence-electron chi connectivity index (χ1n) is 9.05. The summed E-state index contributed by atoms with van der Waals surface area (Å²) in [6.07, 6.45) is 0. The van der Waals surface area contributed by atoms with Gasteiger partial charge in [0.1, 0.15) is 5.70 Å². The van der Waals surface area contributed by atoms with E-state index in [4.69, 9.17) is 0 Å². The molecule has 0 unspecified atom stereocenters. The number of carbonyl (C=O) groups excluding carboxylic acids is 2. The minimum Gasteiger partial charge on any atom is -0.365 e. The SMILES string of the molecule is Cc1ccccc1N1C(=O)C(c2cccs2)=C(N(C)Cc2ccccc2)C1=O. The smallest absolute Gasteiger partial charge is 0.282 e. The third kappa shape index (κ3) is 3.14. The standard InChI is InChI=1S/C23H20N2O2S/c1-16-9-6-7-12-18(16)25-22(26)20(19-13-8-14-28-19)21(23(25)27)24(2)15-17-10-4-3-5-11-17/h3-14H,15H2,1-2H3. The highest BCUT2D eigenvalue weighted by Crippen LogP contribution is 2.37. The molecule has 3 aromatic rings. The molecule has 2 aromatic carbocycles. The fourth-order valence-electron chi connectivity index (χ4n) is 3.48. The van der Waals surface area contributed by atoms with Gasteiger partial charge >= 0.3 is 0 Å². The fraction of sp³-hybridized carbons (Fsp3) is 0.130. The molecule has 0 atom stereocenters. The molecule has 5 heteroatoms. The lowest BCUT2D eigenvalue weighted by Gasteiger charge is -2.22. The minimum absolute atomic E-state index is 0.267. The number of nitrogens with zero attached hydrogens (tertiary/aromatic N) is 2. The summed E-state index contributed by atoms with van der Waals surface area (Å²) in [6.45, 7) is 2.46. The molecule has 140 valence electrons. The van der Waals surface area contributed by atoms with Crippen LogP contribution in [0.4, 0.5) is 5.69 Å². The van der Waals surface area contributed by atoms with E-state index in [0.717, 1.165) is 16.0 Å². The van der Waals surface area contributed by atoms with Crippen LogP contribution in [0.1, 0.15) is 16.0 Å². The highest BCUT2D eigenvalue weighted by Gasteiger charge is 2.42. The number of aryl methyl sites for hydroxylation is 1. The first-order valence-corrected chi connectivity index (χ1v) is 9.93. The molecule has 2 amide bonds. The number of hydrogen-bond acceptors (Lipinski definition) is 4. The summed E-state index contributed by atoms with van der Waals surface area (Å²) in [6, 6.07) is 21.2. The maximum absolute atomic E-state index is 13.4. The molecule has 1 aliphatic rings. The van der Waals surface area contributed by atoms with Crippen molar-refractivity contribution >= 4 is 34.4 Å². The summed E-state index contributed by atoms with van der Waals surface area (Å²) >= 11 is 1.47. The van der Waals surface area contributed by atoms with Crippen molar-refractivity contribution in [3.63, 3.8) is 0 Å². The van der Waals surface area contributed by atoms with E-state index < -0.39 is 0 Å². The molecule has 4 nitrogen and oxygen atoms in total. The number of rotatable bonds is 5. The first-order chi connectivity index (χ1) is 13.6. The maximum atomic E-state index is 13.4. The first kappa shape index (κ1) is 18.2. The average molecular weight is 388 g/mol. The normalized spacial score (nSPS) is 14.1. The lowest BCUT2D eigenvalue weighted by Crippen LogP contribution is -2.34. The van der Waals surface area contributed by atoms with Gasteiger partial charge in [0.25, 0.3) is 11.8 Å². The second-order valence-corrected chi connectivity index (χ2v) is 7.72. The number of amides is 2. The molecule has 0 N–H and O–H groups in total. The molecule has 0 saturated heterocycles. The van der Waals surface area contributed by atoms with Crippen LogP contribution in [-0.2, 0) is 16.1 Å². The molecule has 0 aliphatic carbocycles. The minimum atomic E-state index is -0.277. The van der Waals surface area contributed by atoms with Gasteiger partial charge in [0.2, 0.25) is 0 Å². The van der Waals surface area contributed by atoms with Crippen LogP contribution in [0.2, 0.25) is 0 Å². The van der Waals surface area contributed by atoms with Gasteiger partial charge in [-0.15, -0.1) is 11.3 Å². The number of thiophene rings is 1. The van der Waals surface area contributed by atoms with Crippen molar-refractivity contribution < 1.29 is 9.59 Å². The number of benzene rings is 2. The van der Waals surface area contributed by atoms with Gasteiger partial charge in [0.15, 0.2) is 0 Å². The summed E-state index contributed by atoms with van der Waals surface area (Å²) in [4.78, 5) is 30.8. The number of imide groups is 1. The largest absolute Gasteiger partial charge is 0.365 e. The lowest BCUT2D eigenvalue weighted by atomic mass is 10.1. The van der Waals surface area contributed by atoms with Crippen LogP contribution in [0.15, 0.2) is 77.8 Å². The quantitative estimate of drug-likeness (QED) is 0.606. The highest BCUT2D eigenvalue weighted by molar-refractivity contribution is 7.11. The van der Waals surface area contributed by atoms with Gasteiger partial charge in [-0.3, -0.25) is 9.59 Å². The van der Waals surface area contributed by atoms with E-state index in [1.54, 1.807) is 0 Å².